The molecule has 90 valence electrons. The first-order valence-corrected chi connectivity index (χ1v) is 5.77. The summed E-state index contributed by atoms with van der Waals surface area (Å²) in [6.07, 6.45) is 1.66. The van der Waals surface area contributed by atoms with Gasteiger partial charge in [-0.3, -0.25) is 4.79 Å². The summed E-state index contributed by atoms with van der Waals surface area (Å²) in [4.78, 5) is 17.8. The molecule has 0 saturated heterocycles. The Balaban J connectivity index is 1.94. The Morgan fingerprint density at radius 1 is 1.17 bits per heavy atom. The second-order valence-corrected chi connectivity index (χ2v) is 4.08. The van der Waals surface area contributed by atoms with Crippen LogP contribution in [0.4, 0.5) is 5.69 Å². The van der Waals surface area contributed by atoms with Gasteiger partial charge in [0.1, 0.15) is 5.69 Å². The minimum Gasteiger partial charge on any atom is -0.466 e. The molecular formula is C14H12N2O2. The molecule has 0 N–H and O–H groups in total. The van der Waals surface area contributed by atoms with Crippen LogP contribution in [0, 0.1) is 0 Å². The number of carbonyl (C=O) groups excluding carboxylic acids is 1. The predicted molar refractivity (Wildman–Crippen MR) is 67.4 cm³/mol. The number of hydrogen-bond acceptors (Lipinski definition) is 3. The largest absolute Gasteiger partial charge is 0.466 e. The highest BCUT2D eigenvalue weighted by Gasteiger charge is 2.25. The molecule has 0 fully saturated rings. The number of nitrogens with zero attached hydrogens (tertiary/aromatic N) is 2. The smallest absolute Gasteiger partial charge is 0.265 e. The standard InChI is InChI=1S/C14H12N2O2/c17-13-10-18-14-12(7-4-8-15-14)16(13)9-11-5-2-1-3-6-11/h1-8H,9-10H2. The van der Waals surface area contributed by atoms with Crippen molar-refractivity contribution in [3.8, 4) is 5.88 Å². The molecule has 18 heavy (non-hydrogen) atoms. The minimum atomic E-state index is -0.0423. The molecule has 1 aliphatic rings. The fraction of sp³-hybridized carbons (Fsp3) is 0.143. The number of benzene rings is 1. The van der Waals surface area contributed by atoms with E-state index >= 15 is 0 Å². The van der Waals surface area contributed by atoms with Crippen LogP contribution >= 0.6 is 0 Å². The molecule has 2 heterocycles. The van der Waals surface area contributed by atoms with Gasteiger partial charge in [-0.2, -0.15) is 0 Å². The van der Waals surface area contributed by atoms with Gasteiger partial charge < -0.3 is 9.64 Å². The van der Waals surface area contributed by atoms with Crippen molar-refractivity contribution in [3.05, 3.63) is 54.2 Å². The Morgan fingerprint density at radius 2 is 2.00 bits per heavy atom. The van der Waals surface area contributed by atoms with Crippen molar-refractivity contribution in [2.24, 2.45) is 0 Å². The summed E-state index contributed by atoms with van der Waals surface area (Å²) in [6.45, 7) is 0.596. The average Bonchev–Trinajstić information content (AvgIpc) is 2.43. The molecule has 4 heteroatoms. The van der Waals surface area contributed by atoms with E-state index in [1.54, 1.807) is 17.2 Å². The number of carbonyl (C=O) groups is 1. The molecule has 1 amide bonds. The first kappa shape index (κ1) is 10.8. The van der Waals surface area contributed by atoms with Gasteiger partial charge in [-0.05, 0) is 17.7 Å². The van der Waals surface area contributed by atoms with Crippen molar-refractivity contribution in [1.82, 2.24) is 4.98 Å². The van der Waals surface area contributed by atoms with E-state index in [0.29, 0.717) is 12.4 Å². The molecule has 0 aliphatic carbocycles. The number of anilines is 1. The van der Waals surface area contributed by atoms with Gasteiger partial charge in [-0.15, -0.1) is 0 Å². The molecule has 4 nitrogen and oxygen atoms in total. The van der Waals surface area contributed by atoms with Crippen LogP contribution in [0.25, 0.3) is 0 Å². The SMILES string of the molecule is O=C1COc2ncccc2N1Cc1ccccc1. The number of aromatic nitrogens is 1. The van der Waals surface area contributed by atoms with Gasteiger partial charge in [0.05, 0.1) is 6.54 Å². The Labute approximate surface area is 105 Å². The van der Waals surface area contributed by atoms with Crippen LogP contribution in [0.3, 0.4) is 0 Å². The quantitative estimate of drug-likeness (QED) is 0.806. The zero-order valence-electron chi connectivity index (χ0n) is 9.74. The second kappa shape index (κ2) is 4.49. The van der Waals surface area contributed by atoms with Gasteiger partial charge in [0.25, 0.3) is 5.91 Å². The van der Waals surface area contributed by atoms with E-state index in [-0.39, 0.29) is 12.5 Å². The molecular weight excluding hydrogens is 228 g/mol. The van der Waals surface area contributed by atoms with Crippen molar-refractivity contribution < 1.29 is 9.53 Å². The molecule has 0 saturated carbocycles. The van der Waals surface area contributed by atoms with Crippen molar-refractivity contribution in [3.63, 3.8) is 0 Å². The maximum atomic E-state index is 11.9. The van der Waals surface area contributed by atoms with E-state index in [0.717, 1.165) is 11.3 Å². The third-order valence-electron chi connectivity index (χ3n) is 2.86. The number of rotatable bonds is 2. The second-order valence-electron chi connectivity index (χ2n) is 4.08. The Bertz CT molecular complexity index is 569. The third kappa shape index (κ3) is 1.93. The Hall–Kier alpha value is -2.36. The van der Waals surface area contributed by atoms with Crippen molar-refractivity contribution in [2.45, 2.75) is 6.54 Å². The van der Waals surface area contributed by atoms with Gasteiger partial charge in [-0.1, -0.05) is 30.3 Å². The van der Waals surface area contributed by atoms with E-state index in [9.17, 15) is 4.79 Å². The summed E-state index contributed by atoms with van der Waals surface area (Å²) in [7, 11) is 0. The van der Waals surface area contributed by atoms with Crippen LogP contribution in [0.5, 0.6) is 5.88 Å². The molecule has 2 aromatic rings. The lowest BCUT2D eigenvalue weighted by atomic mass is 10.2. The monoisotopic (exact) mass is 240 g/mol. The van der Waals surface area contributed by atoms with E-state index in [1.807, 2.05) is 36.4 Å². The molecule has 3 rings (SSSR count). The summed E-state index contributed by atoms with van der Waals surface area (Å²) < 4.78 is 5.30. The van der Waals surface area contributed by atoms with E-state index in [4.69, 9.17) is 4.74 Å². The highest BCUT2D eigenvalue weighted by Crippen LogP contribution is 2.30. The third-order valence-corrected chi connectivity index (χ3v) is 2.86. The van der Waals surface area contributed by atoms with Gasteiger partial charge in [-0.25, -0.2) is 4.98 Å². The summed E-state index contributed by atoms with van der Waals surface area (Å²) in [5, 5.41) is 0. The van der Waals surface area contributed by atoms with Crippen molar-refractivity contribution in [2.75, 3.05) is 11.5 Å². The first-order chi connectivity index (χ1) is 8.84. The lowest BCUT2D eigenvalue weighted by Gasteiger charge is -2.28. The number of fused-ring (bicyclic) bond motifs is 1. The Morgan fingerprint density at radius 3 is 2.83 bits per heavy atom. The molecule has 1 aliphatic heterocycles. The predicted octanol–water partition coefficient (Wildman–Crippen LogP) is 2.01. The van der Waals surface area contributed by atoms with E-state index in [1.165, 1.54) is 0 Å². The summed E-state index contributed by atoms with van der Waals surface area (Å²) in [5.74, 6) is 0.479. The number of amides is 1. The lowest BCUT2D eigenvalue weighted by Crippen LogP contribution is -2.38. The first-order valence-electron chi connectivity index (χ1n) is 5.77. The number of pyridine rings is 1. The highest BCUT2D eigenvalue weighted by molar-refractivity contribution is 5.97. The van der Waals surface area contributed by atoms with Crippen LogP contribution in [-0.2, 0) is 11.3 Å². The van der Waals surface area contributed by atoms with Gasteiger partial charge >= 0.3 is 0 Å². The minimum absolute atomic E-state index is 0.0423. The zero-order valence-corrected chi connectivity index (χ0v) is 9.74. The van der Waals surface area contributed by atoms with E-state index in [2.05, 4.69) is 4.98 Å². The lowest BCUT2D eigenvalue weighted by molar-refractivity contribution is -0.121. The number of ether oxygens (including phenoxy) is 1. The molecule has 0 atom stereocenters. The normalized spacial score (nSPS) is 14.0. The molecule has 1 aromatic carbocycles. The van der Waals surface area contributed by atoms with Crippen molar-refractivity contribution >= 4 is 11.6 Å². The van der Waals surface area contributed by atoms with Gasteiger partial charge in [0.15, 0.2) is 6.61 Å². The molecule has 1 aromatic heterocycles. The summed E-state index contributed by atoms with van der Waals surface area (Å²) in [6, 6.07) is 13.5. The van der Waals surface area contributed by atoms with Crippen molar-refractivity contribution in [1.29, 1.82) is 0 Å². The van der Waals surface area contributed by atoms with Crippen LogP contribution in [0.1, 0.15) is 5.56 Å². The molecule has 0 spiro atoms. The Kier molecular flexibility index (Phi) is 2.68. The van der Waals surface area contributed by atoms with Crippen LogP contribution < -0.4 is 9.64 Å². The highest BCUT2D eigenvalue weighted by atomic mass is 16.5. The zero-order chi connectivity index (χ0) is 12.4. The molecule has 0 bridgehead atoms. The topological polar surface area (TPSA) is 42.4 Å². The summed E-state index contributed by atoms with van der Waals surface area (Å²) in [5.41, 5.74) is 1.82. The fourth-order valence-electron chi connectivity index (χ4n) is 1.98. The summed E-state index contributed by atoms with van der Waals surface area (Å²) >= 11 is 0. The van der Waals surface area contributed by atoms with Crippen LogP contribution in [0.15, 0.2) is 48.7 Å². The van der Waals surface area contributed by atoms with E-state index < -0.39 is 0 Å². The average molecular weight is 240 g/mol. The van der Waals surface area contributed by atoms with Crippen LogP contribution in [-0.4, -0.2) is 17.5 Å². The van der Waals surface area contributed by atoms with Gasteiger partial charge in [0, 0.05) is 6.20 Å². The molecule has 0 unspecified atom stereocenters. The van der Waals surface area contributed by atoms with Gasteiger partial charge in [0.2, 0.25) is 5.88 Å². The maximum absolute atomic E-state index is 11.9. The molecule has 0 radical (unpaired) electrons. The fourth-order valence-corrected chi connectivity index (χ4v) is 1.98. The van der Waals surface area contributed by atoms with Crippen LogP contribution in [0.2, 0.25) is 0 Å². The maximum Gasteiger partial charge on any atom is 0.265 e. The number of hydrogen-bond donors (Lipinski definition) is 0.